The van der Waals surface area contributed by atoms with Crippen molar-refractivity contribution in [3.05, 3.63) is 31.3 Å². The molecule has 1 aromatic heterocycles. The number of ether oxygens (including phenoxy) is 1. The number of allylic oxidation sites excluding steroid dienone is 1. The van der Waals surface area contributed by atoms with Gasteiger partial charge in [-0.25, -0.2) is 4.79 Å². The second-order valence-corrected chi connectivity index (χ2v) is 5.89. The summed E-state index contributed by atoms with van der Waals surface area (Å²) in [6, 6.07) is 0.180. The molecule has 0 saturated heterocycles. The minimum absolute atomic E-state index is 0.180. The van der Waals surface area contributed by atoms with Gasteiger partial charge in [-0.05, 0) is 34.0 Å². The molecule has 0 radical (unpaired) electrons. The second-order valence-electron chi connectivity index (χ2n) is 4.04. The van der Waals surface area contributed by atoms with Gasteiger partial charge in [-0.2, -0.15) is 0 Å². The number of carbonyl (C=O) groups excluding carboxylic acids is 1. The number of fused-ring (bicyclic) bond motifs is 2. The Bertz CT molecular complexity index is 699. The summed E-state index contributed by atoms with van der Waals surface area (Å²) >= 11 is 4.99. The van der Waals surface area contributed by atoms with Crippen molar-refractivity contribution in [2.24, 2.45) is 4.99 Å². The van der Waals surface area contributed by atoms with Gasteiger partial charge in [0.25, 0.3) is 0 Å². The summed E-state index contributed by atoms with van der Waals surface area (Å²) in [4.78, 5) is 16.8. The maximum Gasteiger partial charge on any atom is 0.349 e. The number of nitrogens with zero attached hydrogens (tertiary/aromatic N) is 1. The number of hydrogen-bond acceptors (Lipinski definition) is 4. The molecule has 0 bridgehead atoms. The highest BCUT2D eigenvalue weighted by Crippen LogP contribution is 2.24. The Morgan fingerprint density at radius 1 is 1.61 bits per heavy atom. The van der Waals surface area contributed by atoms with Crippen LogP contribution >= 0.6 is 27.3 Å². The molecular formula is C13H10BrNO2S. The van der Waals surface area contributed by atoms with Crippen LogP contribution in [0.15, 0.2) is 21.6 Å². The molecule has 0 spiro atoms. The summed E-state index contributed by atoms with van der Waals surface area (Å²) in [6.45, 7) is 0. The number of aliphatic imine (C=N–C) groups is 1. The van der Waals surface area contributed by atoms with Gasteiger partial charge in [0.1, 0.15) is 4.88 Å². The maximum atomic E-state index is 11.7. The van der Waals surface area contributed by atoms with Gasteiger partial charge >= 0.3 is 5.97 Å². The summed E-state index contributed by atoms with van der Waals surface area (Å²) in [5.74, 6) is -0.296. The normalized spacial score (nSPS) is 20.1. The van der Waals surface area contributed by atoms with Crippen LogP contribution in [-0.4, -0.2) is 25.3 Å². The van der Waals surface area contributed by atoms with Crippen molar-refractivity contribution in [3.8, 4) is 0 Å². The van der Waals surface area contributed by atoms with Crippen molar-refractivity contribution < 1.29 is 9.53 Å². The summed E-state index contributed by atoms with van der Waals surface area (Å²) in [5, 5.41) is 1.09. The molecule has 0 N–H and O–H groups in total. The lowest BCUT2D eigenvalue weighted by atomic mass is 9.96. The predicted octanol–water partition coefficient (Wildman–Crippen LogP) is 1.64. The van der Waals surface area contributed by atoms with E-state index in [1.54, 1.807) is 0 Å². The van der Waals surface area contributed by atoms with Crippen LogP contribution in [-0.2, 0) is 4.74 Å². The fourth-order valence-corrected chi connectivity index (χ4v) is 4.27. The van der Waals surface area contributed by atoms with Crippen LogP contribution in [0.3, 0.4) is 0 Å². The van der Waals surface area contributed by atoms with Gasteiger partial charge in [0.15, 0.2) is 0 Å². The van der Waals surface area contributed by atoms with Crippen LogP contribution in [0.4, 0.5) is 0 Å². The first-order valence-corrected chi connectivity index (χ1v) is 7.14. The van der Waals surface area contributed by atoms with E-state index in [-0.39, 0.29) is 12.0 Å². The molecule has 92 valence electrons. The molecule has 18 heavy (non-hydrogen) atoms. The zero-order chi connectivity index (χ0) is 12.7. The zero-order valence-corrected chi connectivity index (χ0v) is 12.0. The standard InChI is InChI=1S/C13H10BrNO2S/c1-17-13(16)12-11(14)10-7-3-2-6-15-8(7)4-5-9(10)18-12/h2-3,5-6,8H,4H2,1H3. The highest BCUT2D eigenvalue weighted by Gasteiger charge is 2.23. The molecule has 0 amide bonds. The number of esters is 1. The van der Waals surface area contributed by atoms with Gasteiger partial charge in [0.2, 0.25) is 0 Å². The lowest BCUT2D eigenvalue weighted by Gasteiger charge is -2.17. The molecule has 1 aliphatic heterocycles. The molecule has 2 heterocycles. The number of thiophene rings is 1. The van der Waals surface area contributed by atoms with E-state index in [9.17, 15) is 4.79 Å². The molecule has 1 atom stereocenters. The number of dihydropyridines is 1. The van der Waals surface area contributed by atoms with E-state index in [1.165, 1.54) is 24.0 Å². The lowest BCUT2D eigenvalue weighted by molar-refractivity contribution is 0.0605. The molecule has 0 aromatic carbocycles. The van der Waals surface area contributed by atoms with Crippen molar-refractivity contribution >= 4 is 51.1 Å². The topological polar surface area (TPSA) is 38.7 Å². The molecule has 5 heteroatoms. The summed E-state index contributed by atoms with van der Waals surface area (Å²) in [5.41, 5.74) is 1.17. The van der Waals surface area contributed by atoms with E-state index < -0.39 is 0 Å². The Morgan fingerprint density at radius 2 is 2.44 bits per heavy atom. The van der Waals surface area contributed by atoms with Crippen LogP contribution in [0.2, 0.25) is 0 Å². The summed E-state index contributed by atoms with van der Waals surface area (Å²) in [6.07, 6.45) is 8.86. The van der Waals surface area contributed by atoms with Crippen molar-refractivity contribution in [2.75, 3.05) is 7.11 Å². The fraction of sp³-hybridized carbons (Fsp3) is 0.231. The first-order chi connectivity index (χ1) is 8.72. The van der Waals surface area contributed by atoms with Gasteiger partial charge < -0.3 is 4.74 Å². The van der Waals surface area contributed by atoms with Gasteiger partial charge in [0.05, 0.1) is 17.6 Å². The van der Waals surface area contributed by atoms with Crippen LogP contribution in [0.25, 0.3) is 11.6 Å². The zero-order valence-electron chi connectivity index (χ0n) is 9.64. The highest BCUT2D eigenvalue weighted by molar-refractivity contribution is 9.10. The molecule has 1 unspecified atom stereocenters. The quantitative estimate of drug-likeness (QED) is 0.737. The number of methoxy groups -OCH3 is 1. The number of carbonyl (C=O) groups is 1. The summed E-state index contributed by atoms with van der Waals surface area (Å²) in [7, 11) is 1.40. The Labute approximate surface area is 116 Å². The van der Waals surface area contributed by atoms with Crippen LogP contribution in [0.1, 0.15) is 16.1 Å². The number of hydrogen-bond donors (Lipinski definition) is 0. The Hall–Kier alpha value is -1.20. The van der Waals surface area contributed by atoms with Gasteiger partial charge in [-0.1, -0.05) is 12.2 Å². The second kappa shape index (κ2) is 4.48. The largest absolute Gasteiger partial charge is 0.465 e. The lowest BCUT2D eigenvalue weighted by Crippen LogP contribution is -2.31. The molecule has 1 aromatic rings. The van der Waals surface area contributed by atoms with E-state index in [0.29, 0.717) is 4.88 Å². The Kier molecular flexibility index (Phi) is 2.95. The molecular weight excluding hydrogens is 314 g/mol. The van der Waals surface area contributed by atoms with E-state index in [0.717, 1.165) is 20.6 Å². The average Bonchev–Trinajstić information content (AvgIpc) is 2.76. The van der Waals surface area contributed by atoms with Crippen LogP contribution in [0.5, 0.6) is 0 Å². The first-order valence-electron chi connectivity index (χ1n) is 5.53. The van der Waals surface area contributed by atoms with Crippen molar-refractivity contribution in [1.82, 2.24) is 0 Å². The van der Waals surface area contributed by atoms with E-state index in [2.05, 4.69) is 33.1 Å². The van der Waals surface area contributed by atoms with Crippen molar-refractivity contribution in [3.63, 3.8) is 0 Å². The molecule has 0 fully saturated rings. The van der Waals surface area contributed by atoms with Crippen LogP contribution in [0, 0.1) is 0 Å². The molecule has 1 aliphatic carbocycles. The molecule has 3 rings (SSSR count). The van der Waals surface area contributed by atoms with Gasteiger partial charge in [-0.3, -0.25) is 4.99 Å². The predicted molar refractivity (Wildman–Crippen MR) is 76.5 cm³/mol. The Morgan fingerprint density at radius 3 is 3.22 bits per heavy atom. The molecule has 2 aliphatic rings. The minimum Gasteiger partial charge on any atom is -0.465 e. The molecule has 3 nitrogen and oxygen atoms in total. The minimum atomic E-state index is -0.296. The fourth-order valence-electron chi connectivity index (χ4n) is 2.21. The highest BCUT2D eigenvalue weighted by atomic mass is 79.9. The SMILES string of the molecule is COC(=O)c1sc2c(c1Br)=C1C=CC=NC1CC=2. The van der Waals surface area contributed by atoms with Gasteiger partial charge in [-0.15, -0.1) is 11.3 Å². The van der Waals surface area contributed by atoms with Gasteiger partial charge in [0, 0.05) is 16.0 Å². The van der Waals surface area contributed by atoms with E-state index >= 15 is 0 Å². The van der Waals surface area contributed by atoms with Crippen molar-refractivity contribution in [2.45, 2.75) is 12.5 Å². The first kappa shape index (κ1) is 11.9. The van der Waals surface area contributed by atoms with Crippen LogP contribution < -0.4 is 9.75 Å². The van der Waals surface area contributed by atoms with E-state index in [1.807, 2.05) is 12.3 Å². The summed E-state index contributed by atoms with van der Waals surface area (Å²) < 4.78 is 6.75. The molecule has 0 saturated carbocycles. The van der Waals surface area contributed by atoms with Crippen molar-refractivity contribution in [1.29, 1.82) is 0 Å². The third-order valence-electron chi connectivity index (χ3n) is 3.05. The number of halogens is 1. The monoisotopic (exact) mass is 323 g/mol. The van der Waals surface area contributed by atoms with E-state index in [4.69, 9.17) is 4.74 Å². The Balaban J connectivity index is 2.32. The third-order valence-corrected chi connectivity index (χ3v) is 5.27. The number of rotatable bonds is 1. The smallest absolute Gasteiger partial charge is 0.349 e. The maximum absolute atomic E-state index is 11.7. The third kappa shape index (κ3) is 1.69. The average molecular weight is 324 g/mol.